The van der Waals surface area contributed by atoms with Crippen molar-refractivity contribution >= 4 is 11.9 Å². The number of halogens is 1. The van der Waals surface area contributed by atoms with Crippen LogP contribution in [0, 0.1) is 18.7 Å². The van der Waals surface area contributed by atoms with Crippen molar-refractivity contribution < 1.29 is 19.1 Å². The molecule has 3 rings (SSSR count). The van der Waals surface area contributed by atoms with Crippen molar-refractivity contribution in [2.24, 2.45) is 5.92 Å². The van der Waals surface area contributed by atoms with Crippen LogP contribution in [0.15, 0.2) is 24.3 Å². The molecular weight excluding hydrogens is 339 g/mol. The minimum Gasteiger partial charge on any atom is -0.480 e. The second-order valence-corrected chi connectivity index (χ2v) is 6.79. The van der Waals surface area contributed by atoms with Gasteiger partial charge >= 0.3 is 5.97 Å². The van der Waals surface area contributed by atoms with Crippen LogP contribution in [-0.4, -0.2) is 42.7 Å². The molecule has 2 heterocycles. The molecule has 2 atom stereocenters. The molecule has 1 aromatic carbocycles. The quantitative estimate of drug-likeness (QED) is 0.878. The highest BCUT2D eigenvalue weighted by Gasteiger charge is 2.36. The molecule has 1 N–H and O–H groups in total. The molecule has 0 saturated heterocycles. The Bertz CT molecular complexity index is 836. The molecule has 0 bridgehead atoms. The number of carboxylic acids is 1. The lowest BCUT2D eigenvalue weighted by molar-refractivity contribution is -0.153. The number of aliphatic carboxylic acids is 1. The van der Waals surface area contributed by atoms with E-state index in [1.54, 1.807) is 17.6 Å². The molecule has 1 amide bonds. The summed E-state index contributed by atoms with van der Waals surface area (Å²) in [5, 5.41) is 17.5. The highest BCUT2D eigenvalue weighted by Crippen LogP contribution is 2.21. The number of carboxylic acid groups (broad SMARTS) is 1. The van der Waals surface area contributed by atoms with E-state index in [2.05, 4.69) is 10.2 Å². The number of amides is 1. The van der Waals surface area contributed by atoms with Crippen LogP contribution in [0.1, 0.15) is 30.6 Å². The summed E-state index contributed by atoms with van der Waals surface area (Å²) < 4.78 is 15.0. The van der Waals surface area contributed by atoms with E-state index in [1.165, 1.54) is 17.0 Å². The topological polar surface area (TPSA) is 88.3 Å². The second kappa shape index (κ2) is 7.23. The average molecular weight is 360 g/mol. The van der Waals surface area contributed by atoms with Crippen molar-refractivity contribution in [3.05, 3.63) is 47.3 Å². The lowest BCUT2D eigenvalue weighted by Gasteiger charge is -2.34. The molecule has 2 aromatic rings. The number of fused-ring (bicyclic) bond motifs is 1. The van der Waals surface area contributed by atoms with E-state index in [1.807, 2.05) is 13.0 Å². The molecule has 0 saturated carbocycles. The zero-order valence-corrected chi connectivity index (χ0v) is 14.7. The van der Waals surface area contributed by atoms with Gasteiger partial charge in [0.25, 0.3) is 0 Å². The first-order chi connectivity index (χ1) is 12.3. The van der Waals surface area contributed by atoms with Gasteiger partial charge in [0.05, 0.1) is 13.1 Å². The minimum atomic E-state index is -1.05. The highest BCUT2D eigenvalue weighted by molar-refractivity contribution is 5.84. The largest absolute Gasteiger partial charge is 0.480 e. The van der Waals surface area contributed by atoms with Gasteiger partial charge in [-0.05, 0) is 37.0 Å². The Labute approximate surface area is 150 Å². The number of hydrogen-bond acceptors (Lipinski definition) is 4. The van der Waals surface area contributed by atoms with Crippen molar-refractivity contribution in [2.75, 3.05) is 0 Å². The standard InChI is InChI=1S/C18H21FN4O3/c1-11(6-13-4-3-5-14(19)8-13)7-17(24)23-10-16-21-20-12(2)22(16)9-15(23)18(25)26/h3-5,8,11,15H,6-7,9-10H2,1-2H3,(H,25,26). The van der Waals surface area contributed by atoms with E-state index in [0.717, 1.165) is 5.56 Å². The third-order valence-electron chi connectivity index (χ3n) is 4.66. The van der Waals surface area contributed by atoms with Crippen LogP contribution >= 0.6 is 0 Å². The van der Waals surface area contributed by atoms with Gasteiger partial charge in [-0.25, -0.2) is 9.18 Å². The molecule has 1 aliphatic heterocycles. The highest BCUT2D eigenvalue weighted by atomic mass is 19.1. The van der Waals surface area contributed by atoms with Crippen LogP contribution < -0.4 is 0 Å². The molecule has 26 heavy (non-hydrogen) atoms. The van der Waals surface area contributed by atoms with E-state index < -0.39 is 12.0 Å². The van der Waals surface area contributed by atoms with E-state index >= 15 is 0 Å². The van der Waals surface area contributed by atoms with Crippen molar-refractivity contribution in [1.82, 2.24) is 19.7 Å². The summed E-state index contributed by atoms with van der Waals surface area (Å²) in [5.74, 6) is -0.412. The van der Waals surface area contributed by atoms with Gasteiger partial charge in [0.1, 0.15) is 17.7 Å². The summed E-state index contributed by atoms with van der Waals surface area (Å²) in [6.45, 7) is 3.93. The van der Waals surface area contributed by atoms with E-state index in [4.69, 9.17) is 0 Å². The maximum atomic E-state index is 13.3. The Morgan fingerprint density at radius 1 is 1.38 bits per heavy atom. The third kappa shape index (κ3) is 3.74. The fraction of sp³-hybridized carbons (Fsp3) is 0.444. The Kier molecular flexibility index (Phi) is 5.01. The molecule has 0 spiro atoms. The Morgan fingerprint density at radius 3 is 2.85 bits per heavy atom. The summed E-state index contributed by atoms with van der Waals surface area (Å²) in [7, 11) is 0. The first-order valence-electron chi connectivity index (χ1n) is 8.50. The molecule has 0 aliphatic carbocycles. The molecule has 8 heteroatoms. The molecule has 1 aromatic heterocycles. The summed E-state index contributed by atoms with van der Waals surface area (Å²) in [5.41, 5.74) is 0.814. The zero-order valence-electron chi connectivity index (χ0n) is 14.7. The molecule has 7 nitrogen and oxygen atoms in total. The van der Waals surface area contributed by atoms with Crippen molar-refractivity contribution in [3.63, 3.8) is 0 Å². The number of aromatic nitrogens is 3. The normalized spacial score (nSPS) is 17.7. The van der Waals surface area contributed by atoms with Crippen molar-refractivity contribution in [2.45, 2.75) is 45.8 Å². The van der Waals surface area contributed by atoms with Crippen molar-refractivity contribution in [3.8, 4) is 0 Å². The monoisotopic (exact) mass is 360 g/mol. The third-order valence-corrected chi connectivity index (χ3v) is 4.66. The van der Waals surface area contributed by atoms with Gasteiger partial charge in [-0.1, -0.05) is 19.1 Å². The fourth-order valence-electron chi connectivity index (χ4n) is 3.34. The minimum absolute atomic E-state index is 0.0414. The van der Waals surface area contributed by atoms with Crippen LogP contribution in [0.4, 0.5) is 4.39 Å². The first kappa shape index (κ1) is 18.0. The van der Waals surface area contributed by atoms with Crippen LogP contribution in [0.25, 0.3) is 0 Å². The Morgan fingerprint density at radius 2 is 2.15 bits per heavy atom. The first-order valence-corrected chi connectivity index (χ1v) is 8.50. The van der Waals surface area contributed by atoms with Gasteiger partial charge < -0.3 is 14.6 Å². The zero-order chi connectivity index (χ0) is 18.8. The van der Waals surface area contributed by atoms with Crippen LogP contribution in [-0.2, 0) is 29.1 Å². The maximum absolute atomic E-state index is 13.3. The number of carbonyl (C=O) groups excluding carboxylic acids is 1. The van der Waals surface area contributed by atoms with Gasteiger partial charge in [-0.2, -0.15) is 0 Å². The summed E-state index contributed by atoms with van der Waals surface area (Å²) in [6, 6.07) is 5.34. The number of rotatable bonds is 5. The Hall–Kier alpha value is -2.77. The molecule has 0 fully saturated rings. The number of hydrogen-bond donors (Lipinski definition) is 1. The van der Waals surface area contributed by atoms with Gasteiger partial charge in [-0.15, -0.1) is 10.2 Å². The number of nitrogens with zero attached hydrogens (tertiary/aromatic N) is 4. The molecule has 1 aliphatic rings. The smallest absolute Gasteiger partial charge is 0.328 e. The lowest BCUT2D eigenvalue weighted by atomic mass is 9.97. The SMILES string of the molecule is Cc1nnc2n1CC(C(=O)O)N(C(=O)CC(C)Cc1cccc(F)c1)C2. The molecular formula is C18H21FN4O3. The summed E-state index contributed by atoms with van der Waals surface area (Å²) >= 11 is 0. The van der Waals surface area contributed by atoms with E-state index in [9.17, 15) is 19.1 Å². The van der Waals surface area contributed by atoms with E-state index in [0.29, 0.717) is 18.1 Å². The lowest BCUT2D eigenvalue weighted by Crippen LogP contribution is -2.51. The molecule has 2 unspecified atom stereocenters. The summed E-state index contributed by atoms with van der Waals surface area (Å²) in [6.07, 6.45) is 0.734. The number of aryl methyl sites for hydroxylation is 1. The fourth-order valence-corrected chi connectivity index (χ4v) is 3.34. The van der Waals surface area contributed by atoms with E-state index in [-0.39, 0.29) is 37.2 Å². The van der Waals surface area contributed by atoms with Crippen LogP contribution in [0.5, 0.6) is 0 Å². The number of benzene rings is 1. The predicted molar refractivity (Wildman–Crippen MR) is 90.6 cm³/mol. The van der Waals surface area contributed by atoms with Crippen LogP contribution in [0.2, 0.25) is 0 Å². The molecule has 138 valence electrons. The maximum Gasteiger partial charge on any atom is 0.328 e. The number of carbonyl (C=O) groups is 2. The summed E-state index contributed by atoms with van der Waals surface area (Å²) in [4.78, 5) is 25.7. The average Bonchev–Trinajstić information content (AvgIpc) is 2.94. The van der Waals surface area contributed by atoms with Gasteiger partial charge in [0, 0.05) is 6.42 Å². The Balaban J connectivity index is 1.70. The van der Waals surface area contributed by atoms with Gasteiger partial charge in [0.2, 0.25) is 5.91 Å². The van der Waals surface area contributed by atoms with Crippen molar-refractivity contribution in [1.29, 1.82) is 0 Å². The second-order valence-electron chi connectivity index (χ2n) is 6.79. The van der Waals surface area contributed by atoms with Gasteiger partial charge in [0.15, 0.2) is 5.82 Å². The van der Waals surface area contributed by atoms with Gasteiger partial charge in [-0.3, -0.25) is 4.79 Å². The van der Waals surface area contributed by atoms with Crippen LogP contribution in [0.3, 0.4) is 0 Å². The molecule has 0 radical (unpaired) electrons. The predicted octanol–water partition coefficient (Wildman–Crippen LogP) is 1.79.